The van der Waals surface area contributed by atoms with Crippen LogP contribution in [0.25, 0.3) is 0 Å². The Labute approximate surface area is 112 Å². The molecule has 0 radical (unpaired) electrons. The first-order valence-electron chi connectivity index (χ1n) is 6.26. The van der Waals surface area contributed by atoms with Gasteiger partial charge < -0.3 is 9.47 Å². The number of carbonyl (C=O) groups excluding carboxylic acids is 1. The minimum Gasteiger partial charge on any atom is -0.496 e. The Morgan fingerprint density at radius 3 is 2.89 bits per heavy atom. The molecule has 104 valence electrons. The summed E-state index contributed by atoms with van der Waals surface area (Å²) in [7, 11) is 3.15. The maximum Gasteiger partial charge on any atom is 0.180 e. The maximum atomic E-state index is 13.2. The van der Waals surface area contributed by atoms with E-state index in [0.717, 1.165) is 19.5 Å². The first kappa shape index (κ1) is 14.0. The van der Waals surface area contributed by atoms with Crippen LogP contribution in [0.2, 0.25) is 0 Å². The van der Waals surface area contributed by atoms with Crippen molar-refractivity contribution < 1.29 is 18.7 Å². The number of ketones is 1. The lowest BCUT2D eigenvalue weighted by Gasteiger charge is -2.15. The second-order valence-electron chi connectivity index (χ2n) is 4.65. The molecule has 0 aliphatic carbocycles. The van der Waals surface area contributed by atoms with Gasteiger partial charge in [0.1, 0.15) is 11.6 Å². The van der Waals surface area contributed by atoms with E-state index in [2.05, 4.69) is 0 Å². The predicted molar refractivity (Wildman–Crippen MR) is 69.1 cm³/mol. The second kappa shape index (κ2) is 6.12. The molecule has 0 saturated carbocycles. The first-order valence-corrected chi connectivity index (χ1v) is 6.26. The van der Waals surface area contributed by atoms with Gasteiger partial charge in [0.05, 0.1) is 25.3 Å². The summed E-state index contributed by atoms with van der Waals surface area (Å²) in [6.45, 7) is 1.82. The van der Waals surface area contributed by atoms with Gasteiger partial charge in [-0.15, -0.1) is 0 Å². The second-order valence-corrected chi connectivity index (χ2v) is 4.65. The molecule has 1 fully saturated rings. The van der Waals surface area contributed by atoms with Crippen molar-refractivity contribution in [2.75, 3.05) is 33.9 Å². The quantitative estimate of drug-likeness (QED) is 0.762. The lowest BCUT2D eigenvalue weighted by molar-refractivity contribution is 0.0896. The van der Waals surface area contributed by atoms with Crippen molar-refractivity contribution in [1.82, 2.24) is 4.90 Å². The fourth-order valence-corrected chi connectivity index (χ4v) is 2.32. The topological polar surface area (TPSA) is 38.8 Å². The predicted octanol–water partition coefficient (Wildman–Crippen LogP) is 1.74. The largest absolute Gasteiger partial charge is 0.496 e. The van der Waals surface area contributed by atoms with Crippen molar-refractivity contribution in [3.63, 3.8) is 0 Å². The number of hydrogen-bond acceptors (Lipinski definition) is 4. The molecule has 2 rings (SSSR count). The zero-order valence-corrected chi connectivity index (χ0v) is 11.2. The fourth-order valence-electron chi connectivity index (χ4n) is 2.32. The summed E-state index contributed by atoms with van der Waals surface area (Å²) >= 11 is 0. The van der Waals surface area contributed by atoms with Crippen LogP contribution in [0.3, 0.4) is 0 Å². The van der Waals surface area contributed by atoms with E-state index in [1.54, 1.807) is 7.11 Å². The summed E-state index contributed by atoms with van der Waals surface area (Å²) in [5, 5.41) is 0. The van der Waals surface area contributed by atoms with E-state index in [1.807, 2.05) is 4.90 Å². The number of benzene rings is 1. The Hall–Kier alpha value is -1.46. The van der Waals surface area contributed by atoms with Gasteiger partial charge in [-0.2, -0.15) is 0 Å². The van der Waals surface area contributed by atoms with Crippen molar-refractivity contribution in [3.05, 3.63) is 29.6 Å². The molecule has 1 heterocycles. The van der Waals surface area contributed by atoms with Crippen molar-refractivity contribution in [1.29, 1.82) is 0 Å². The molecule has 1 aromatic carbocycles. The molecule has 1 aliphatic heterocycles. The molecule has 0 N–H and O–H groups in total. The van der Waals surface area contributed by atoms with E-state index in [-0.39, 0.29) is 18.4 Å². The SMILES string of the molecule is COc1ccc(F)cc1C(=O)CN1CCC(OC)C1. The Balaban J connectivity index is 2.06. The number of methoxy groups -OCH3 is 2. The summed E-state index contributed by atoms with van der Waals surface area (Å²) in [6, 6.07) is 3.99. The number of hydrogen-bond donors (Lipinski definition) is 0. The number of rotatable bonds is 5. The van der Waals surface area contributed by atoms with Crippen molar-refractivity contribution in [2.45, 2.75) is 12.5 Å². The third kappa shape index (κ3) is 3.30. The van der Waals surface area contributed by atoms with E-state index in [4.69, 9.17) is 9.47 Å². The van der Waals surface area contributed by atoms with Gasteiger partial charge in [0.25, 0.3) is 0 Å². The summed E-state index contributed by atoms with van der Waals surface area (Å²) in [5.74, 6) is -0.151. The smallest absolute Gasteiger partial charge is 0.180 e. The minimum atomic E-state index is -0.430. The van der Waals surface area contributed by atoms with Gasteiger partial charge in [-0.3, -0.25) is 9.69 Å². The maximum absolute atomic E-state index is 13.2. The third-order valence-electron chi connectivity index (χ3n) is 3.39. The molecule has 19 heavy (non-hydrogen) atoms. The molecule has 5 heteroatoms. The number of nitrogens with zero attached hydrogens (tertiary/aromatic N) is 1. The van der Waals surface area contributed by atoms with Crippen molar-refractivity contribution >= 4 is 5.78 Å². The number of carbonyl (C=O) groups is 1. The van der Waals surface area contributed by atoms with E-state index < -0.39 is 5.82 Å². The molecule has 0 spiro atoms. The van der Waals surface area contributed by atoms with E-state index in [1.165, 1.54) is 25.3 Å². The average Bonchev–Trinajstić information content (AvgIpc) is 2.86. The Morgan fingerprint density at radius 1 is 1.47 bits per heavy atom. The van der Waals surface area contributed by atoms with Gasteiger partial charge in [-0.25, -0.2) is 4.39 Å². The fraction of sp³-hybridized carbons (Fsp3) is 0.500. The summed E-state index contributed by atoms with van der Waals surface area (Å²) in [4.78, 5) is 14.2. The highest BCUT2D eigenvalue weighted by atomic mass is 19.1. The minimum absolute atomic E-state index is 0.131. The van der Waals surface area contributed by atoms with Gasteiger partial charge in [-0.05, 0) is 24.6 Å². The molecule has 1 atom stereocenters. The molecule has 4 nitrogen and oxygen atoms in total. The van der Waals surface area contributed by atoms with Crippen LogP contribution in [0, 0.1) is 5.82 Å². The zero-order chi connectivity index (χ0) is 13.8. The molecule has 1 saturated heterocycles. The van der Waals surface area contributed by atoms with Gasteiger partial charge in [0.2, 0.25) is 0 Å². The standard InChI is InChI=1S/C14H18FNO3/c1-18-11-5-6-16(8-11)9-13(17)12-7-10(15)3-4-14(12)19-2/h3-4,7,11H,5-6,8-9H2,1-2H3. The lowest BCUT2D eigenvalue weighted by atomic mass is 10.1. The molecular formula is C14H18FNO3. The number of halogens is 1. The third-order valence-corrected chi connectivity index (χ3v) is 3.39. The van der Waals surface area contributed by atoms with Crippen LogP contribution in [0.1, 0.15) is 16.8 Å². The van der Waals surface area contributed by atoms with Crippen LogP contribution in [-0.4, -0.2) is 50.6 Å². The highest BCUT2D eigenvalue weighted by Gasteiger charge is 2.25. The van der Waals surface area contributed by atoms with Crippen LogP contribution < -0.4 is 4.74 Å². The number of ether oxygens (including phenoxy) is 2. The van der Waals surface area contributed by atoms with E-state index in [9.17, 15) is 9.18 Å². The van der Waals surface area contributed by atoms with E-state index >= 15 is 0 Å². The molecule has 0 amide bonds. The van der Waals surface area contributed by atoms with E-state index in [0.29, 0.717) is 11.3 Å². The van der Waals surface area contributed by atoms with Gasteiger partial charge >= 0.3 is 0 Å². The molecule has 1 aromatic rings. The summed E-state index contributed by atoms with van der Waals surface area (Å²) < 4.78 is 23.6. The van der Waals surface area contributed by atoms with Crippen molar-refractivity contribution in [2.24, 2.45) is 0 Å². The molecular weight excluding hydrogens is 249 g/mol. The van der Waals surface area contributed by atoms with Gasteiger partial charge in [0, 0.05) is 20.2 Å². The first-order chi connectivity index (χ1) is 9.13. The Bertz CT molecular complexity index is 464. The van der Waals surface area contributed by atoms with Crippen LogP contribution in [0.5, 0.6) is 5.75 Å². The van der Waals surface area contributed by atoms with Gasteiger partial charge in [0.15, 0.2) is 5.78 Å². The average molecular weight is 267 g/mol. The molecule has 0 bridgehead atoms. The highest BCUT2D eigenvalue weighted by molar-refractivity contribution is 6.00. The Morgan fingerprint density at radius 2 is 2.26 bits per heavy atom. The highest BCUT2D eigenvalue weighted by Crippen LogP contribution is 2.21. The van der Waals surface area contributed by atoms with Crippen LogP contribution in [0.4, 0.5) is 4.39 Å². The summed E-state index contributed by atoms with van der Waals surface area (Å²) in [5.41, 5.74) is 0.295. The zero-order valence-electron chi connectivity index (χ0n) is 11.2. The van der Waals surface area contributed by atoms with Crippen LogP contribution >= 0.6 is 0 Å². The Kier molecular flexibility index (Phi) is 4.50. The van der Waals surface area contributed by atoms with Crippen molar-refractivity contribution in [3.8, 4) is 5.75 Å². The number of likely N-dealkylation sites (tertiary alicyclic amines) is 1. The normalized spacial score (nSPS) is 19.6. The molecule has 0 aromatic heterocycles. The molecule has 1 unspecified atom stereocenters. The molecule has 1 aliphatic rings. The van der Waals surface area contributed by atoms with Crippen LogP contribution in [0.15, 0.2) is 18.2 Å². The van der Waals surface area contributed by atoms with Crippen LogP contribution in [-0.2, 0) is 4.74 Å². The number of Topliss-reactive ketones (excluding diaryl/α,β-unsaturated/α-hetero) is 1. The van der Waals surface area contributed by atoms with Gasteiger partial charge in [-0.1, -0.05) is 0 Å². The monoisotopic (exact) mass is 267 g/mol. The lowest BCUT2D eigenvalue weighted by Crippen LogP contribution is -2.29. The summed E-state index contributed by atoms with van der Waals surface area (Å²) in [6.07, 6.45) is 1.10.